The number of rotatable bonds is 15. The normalized spacial score (nSPS) is 10.6. The second-order valence-electron chi connectivity index (χ2n) is 7.70. The van der Waals surface area contributed by atoms with Crippen LogP contribution in [0.1, 0.15) is 79.1 Å². The van der Waals surface area contributed by atoms with Gasteiger partial charge < -0.3 is 14.6 Å². The van der Waals surface area contributed by atoms with Crippen molar-refractivity contribution in [2.75, 3.05) is 13.2 Å². The van der Waals surface area contributed by atoms with Gasteiger partial charge in [-0.25, -0.2) is 14.4 Å². The molecule has 0 aliphatic carbocycles. The van der Waals surface area contributed by atoms with E-state index in [9.17, 15) is 14.4 Å². The predicted molar refractivity (Wildman–Crippen MR) is 116 cm³/mol. The molecule has 0 radical (unpaired) electrons. The van der Waals surface area contributed by atoms with Gasteiger partial charge in [0.1, 0.15) is 0 Å². The molecule has 0 aromatic carbocycles. The SMILES string of the molecule is C=CC(=O)O.CC(C)CCCCCOC(=O)/C=C\C(=O)OCCCCCC(C)C. The molecule has 0 saturated heterocycles. The van der Waals surface area contributed by atoms with Crippen molar-refractivity contribution in [2.45, 2.75) is 79.1 Å². The van der Waals surface area contributed by atoms with E-state index in [4.69, 9.17) is 14.6 Å². The molecular weight excluding hydrogens is 372 g/mol. The van der Waals surface area contributed by atoms with Crippen molar-refractivity contribution in [1.29, 1.82) is 0 Å². The van der Waals surface area contributed by atoms with Gasteiger partial charge in [0.15, 0.2) is 0 Å². The van der Waals surface area contributed by atoms with E-state index >= 15 is 0 Å². The molecule has 0 amide bonds. The molecule has 1 N–H and O–H groups in total. The minimum absolute atomic E-state index is 0.409. The van der Waals surface area contributed by atoms with Gasteiger partial charge in [-0.05, 0) is 24.7 Å². The van der Waals surface area contributed by atoms with Gasteiger partial charge in [-0.1, -0.05) is 72.8 Å². The quantitative estimate of drug-likeness (QED) is 0.222. The molecule has 0 saturated carbocycles. The fourth-order valence-corrected chi connectivity index (χ4v) is 2.24. The molecule has 168 valence electrons. The molecule has 0 spiro atoms. The standard InChI is InChI=1S/C20H36O4.C3H4O2/c1-17(2)11-7-5-9-15-23-19(21)13-14-20(22)24-16-10-6-8-12-18(3)4;1-2-3(4)5/h13-14,17-18H,5-12,15-16H2,1-4H3;2H,1H2,(H,4,5)/b14-13-;. The maximum Gasteiger partial charge on any atom is 0.331 e. The van der Waals surface area contributed by atoms with E-state index < -0.39 is 17.9 Å². The molecule has 0 aromatic rings. The number of ether oxygens (including phenoxy) is 2. The van der Waals surface area contributed by atoms with Gasteiger partial charge in [-0.2, -0.15) is 0 Å². The molecule has 0 rings (SSSR count). The van der Waals surface area contributed by atoms with Gasteiger partial charge in [0.25, 0.3) is 0 Å². The second-order valence-corrected chi connectivity index (χ2v) is 7.70. The van der Waals surface area contributed by atoms with Crippen molar-refractivity contribution in [3.8, 4) is 0 Å². The first-order chi connectivity index (χ1) is 13.7. The number of carboxylic acid groups (broad SMARTS) is 1. The largest absolute Gasteiger partial charge is 0.478 e. The average Bonchev–Trinajstić information content (AvgIpc) is 2.65. The predicted octanol–water partition coefficient (Wildman–Crippen LogP) is 5.32. The maximum atomic E-state index is 11.5. The Morgan fingerprint density at radius 3 is 1.38 bits per heavy atom. The minimum atomic E-state index is -0.981. The number of esters is 2. The van der Waals surface area contributed by atoms with E-state index in [1.54, 1.807) is 0 Å². The lowest BCUT2D eigenvalue weighted by molar-refractivity contribution is -0.140. The Hall–Kier alpha value is -2.11. The molecule has 29 heavy (non-hydrogen) atoms. The van der Waals surface area contributed by atoms with Crippen molar-refractivity contribution in [2.24, 2.45) is 11.8 Å². The van der Waals surface area contributed by atoms with E-state index in [1.165, 1.54) is 12.8 Å². The van der Waals surface area contributed by atoms with Crippen LogP contribution < -0.4 is 0 Å². The topological polar surface area (TPSA) is 89.9 Å². The highest BCUT2D eigenvalue weighted by Gasteiger charge is 2.02. The van der Waals surface area contributed by atoms with Gasteiger partial charge in [-0.15, -0.1) is 0 Å². The molecule has 6 nitrogen and oxygen atoms in total. The zero-order valence-electron chi connectivity index (χ0n) is 18.7. The van der Waals surface area contributed by atoms with Crippen molar-refractivity contribution in [3.63, 3.8) is 0 Å². The molecule has 0 heterocycles. The number of carbonyl (C=O) groups is 3. The second kappa shape index (κ2) is 20.6. The van der Waals surface area contributed by atoms with Crippen LogP contribution in [0, 0.1) is 11.8 Å². The van der Waals surface area contributed by atoms with Crippen LogP contribution in [0.2, 0.25) is 0 Å². The lowest BCUT2D eigenvalue weighted by Gasteiger charge is -2.05. The summed E-state index contributed by atoms with van der Waals surface area (Å²) in [5.41, 5.74) is 0. The highest BCUT2D eigenvalue weighted by Crippen LogP contribution is 2.08. The van der Waals surface area contributed by atoms with Gasteiger partial charge >= 0.3 is 17.9 Å². The first kappa shape index (κ1) is 29.1. The molecule has 0 atom stereocenters. The lowest BCUT2D eigenvalue weighted by atomic mass is 10.1. The fourth-order valence-electron chi connectivity index (χ4n) is 2.24. The summed E-state index contributed by atoms with van der Waals surface area (Å²) < 4.78 is 10.1. The summed E-state index contributed by atoms with van der Waals surface area (Å²) in [5, 5.41) is 7.60. The van der Waals surface area contributed by atoms with Gasteiger partial charge in [0.05, 0.1) is 13.2 Å². The highest BCUT2D eigenvalue weighted by molar-refractivity contribution is 5.91. The Morgan fingerprint density at radius 1 is 0.759 bits per heavy atom. The van der Waals surface area contributed by atoms with Crippen LogP contribution in [0.4, 0.5) is 0 Å². The third-order valence-electron chi connectivity index (χ3n) is 3.87. The molecule has 0 aliphatic rings. The zero-order chi connectivity index (χ0) is 22.5. The maximum absolute atomic E-state index is 11.5. The summed E-state index contributed by atoms with van der Waals surface area (Å²) in [6.07, 6.45) is 11.7. The van der Waals surface area contributed by atoms with Crippen molar-refractivity contribution in [3.05, 3.63) is 24.8 Å². The Bertz CT molecular complexity index is 446. The summed E-state index contributed by atoms with van der Waals surface area (Å²) in [6.45, 7) is 12.6. The summed E-state index contributed by atoms with van der Waals surface area (Å²) >= 11 is 0. The lowest BCUT2D eigenvalue weighted by Crippen LogP contribution is -2.06. The third kappa shape index (κ3) is 28.2. The monoisotopic (exact) mass is 412 g/mol. The van der Waals surface area contributed by atoms with E-state index in [1.807, 2.05) is 0 Å². The fraction of sp³-hybridized carbons (Fsp3) is 0.696. The van der Waals surface area contributed by atoms with Crippen molar-refractivity contribution in [1.82, 2.24) is 0 Å². The van der Waals surface area contributed by atoms with Gasteiger partial charge in [0.2, 0.25) is 0 Å². The van der Waals surface area contributed by atoms with Crippen LogP contribution in [0.3, 0.4) is 0 Å². The molecule has 0 aromatic heterocycles. The van der Waals surface area contributed by atoms with Crippen LogP contribution in [0.5, 0.6) is 0 Å². The first-order valence-corrected chi connectivity index (χ1v) is 10.6. The van der Waals surface area contributed by atoms with Crippen LogP contribution in [-0.2, 0) is 23.9 Å². The number of carboxylic acids is 1. The van der Waals surface area contributed by atoms with E-state index in [-0.39, 0.29) is 0 Å². The number of hydrogen-bond acceptors (Lipinski definition) is 5. The van der Waals surface area contributed by atoms with Gasteiger partial charge in [0, 0.05) is 18.2 Å². The highest BCUT2D eigenvalue weighted by atomic mass is 16.5. The van der Waals surface area contributed by atoms with Gasteiger partial charge in [-0.3, -0.25) is 0 Å². The number of aliphatic carboxylic acids is 1. The first-order valence-electron chi connectivity index (χ1n) is 10.6. The third-order valence-corrected chi connectivity index (χ3v) is 3.87. The summed E-state index contributed by atoms with van der Waals surface area (Å²) in [6, 6.07) is 0. The van der Waals surface area contributed by atoms with Crippen LogP contribution in [0.15, 0.2) is 24.8 Å². The average molecular weight is 413 g/mol. The molecule has 0 fully saturated rings. The number of carbonyl (C=O) groups excluding carboxylic acids is 2. The summed E-state index contributed by atoms with van der Waals surface area (Å²) in [4.78, 5) is 32.2. The van der Waals surface area contributed by atoms with Crippen molar-refractivity contribution >= 4 is 17.9 Å². The minimum Gasteiger partial charge on any atom is -0.478 e. The molecule has 0 bridgehead atoms. The zero-order valence-corrected chi connectivity index (χ0v) is 18.7. The number of unbranched alkanes of at least 4 members (excludes halogenated alkanes) is 4. The molecule has 6 heteroatoms. The molecule has 0 aliphatic heterocycles. The Balaban J connectivity index is 0. The molecular formula is C23H40O6. The summed E-state index contributed by atoms with van der Waals surface area (Å²) in [5.74, 6) is -0.501. The van der Waals surface area contributed by atoms with Crippen LogP contribution in [-0.4, -0.2) is 36.2 Å². The Kier molecular flexibility index (Phi) is 20.7. The van der Waals surface area contributed by atoms with Crippen molar-refractivity contribution < 1.29 is 29.0 Å². The van der Waals surface area contributed by atoms with E-state index in [0.717, 1.165) is 68.6 Å². The van der Waals surface area contributed by atoms with Crippen LogP contribution >= 0.6 is 0 Å². The van der Waals surface area contributed by atoms with E-state index in [0.29, 0.717) is 13.2 Å². The number of hydrogen-bond donors (Lipinski definition) is 1. The Morgan fingerprint density at radius 2 is 1.10 bits per heavy atom. The Labute approximate surface area is 176 Å². The van der Waals surface area contributed by atoms with E-state index in [2.05, 4.69) is 34.3 Å². The smallest absolute Gasteiger partial charge is 0.331 e. The summed E-state index contributed by atoms with van der Waals surface area (Å²) in [7, 11) is 0. The molecule has 0 unspecified atom stereocenters. The van der Waals surface area contributed by atoms with Crippen LogP contribution in [0.25, 0.3) is 0 Å².